The minimum absolute atomic E-state index is 0.0751. The van der Waals surface area contributed by atoms with Crippen LogP contribution < -0.4 is 11.1 Å². The summed E-state index contributed by atoms with van der Waals surface area (Å²) in [5, 5.41) is 3.66. The fourth-order valence-corrected chi connectivity index (χ4v) is 4.20. The fourth-order valence-electron chi connectivity index (χ4n) is 2.92. The van der Waals surface area contributed by atoms with Gasteiger partial charge in [-0.2, -0.15) is 0 Å². The van der Waals surface area contributed by atoms with Crippen molar-refractivity contribution in [2.75, 3.05) is 11.1 Å². The van der Waals surface area contributed by atoms with Crippen molar-refractivity contribution in [2.24, 2.45) is 5.92 Å². The minimum atomic E-state index is -0.0751. The molecule has 3 N–H and O–H groups in total. The van der Waals surface area contributed by atoms with E-state index in [1.807, 2.05) is 31.2 Å². The molecular weight excluding hydrogens is 280 g/mol. The van der Waals surface area contributed by atoms with Crippen molar-refractivity contribution in [3.05, 3.63) is 45.8 Å². The van der Waals surface area contributed by atoms with Crippen molar-refractivity contribution >= 4 is 27.9 Å². The molecule has 0 fully saturated rings. The van der Waals surface area contributed by atoms with Crippen LogP contribution in [0.15, 0.2) is 24.3 Å². The van der Waals surface area contributed by atoms with Gasteiger partial charge in [-0.3, -0.25) is 4.79 Å². The Labute approximate surface area is 129 Å². The van der Waals surface area contributed by atoms with Gasteiger partial charge in [0.1, 0.15) is 0 Å². The van der Waals surface area contributed by atoms with Crippen molar-refractivity contribution in [2.45, 2.75) is 33.1 Å². The first-order chi connectivity index (χ1) is 10.1. The summed E-state index contributed by atoms with van der Waals surface area (Å²) >= 11 is 1.58. The second-order valence-electron chi connectivity index (χ2n) is 5.86. The van der Waals surface area contributed by atoms with Crippen molar-refractivity contribution < 1.29 is 4.79 Å². The second kappa shape index (κ2) is 5.53. The van der Waals surface area contributed by atoms with Crippen LogP contribution in [-0.4, -0.2) is 5.91 Å². The zero-order valence-electron chi connectivity index (χ0n) is 12.4. The van der Waals surface area contributed by atoms with Crippen LogP contribution in [0, 0.1) is 12.8 Å². The Morgan fingerprint density at radius 1 is 1.38 bits per heavy atom. The summed E-state index contributed by atoms with van der Waals surface area (Å²) in [7, 11) is 0. The number of anilines is 2. The molecule has 0 spiro atoms. The van der Waals surface area contributed by atoms with Crippen LogP contribution in [0.2, 0.25) is 0 Å². The van der Waals surface area contributed by atoms with Gasteiger partial charge in [0.2, 0.25) is 0 Å². The Balaban J connectivity index is 1.91. The highest BCUT2D eigenvalue weighted by Crippen LogP contribution is 2.38. The zero-order valence-corrected chi connectivity index (χ0v) is 13.2. The molecule has 3 rings (SSSR count). The highest BCUT2D eigenvalue weighted by molar-refractivity contribution is 7.16. The molecule has 3 nitrogen and oxygen atoms in total. The minimum Gasteiger partial charge on any atom is -0.390 e. The van der Waals surface area contributed by atoms with Crippen molar-refractivity contribution in [3.8, 4) is 0 Å². The Morgan fingerprint density at radius 3 is 2.90 bits per heavy atom. The van der Waals surface area contributed by atoms with E-state index in [1.165, 1.54) is 10.4 Å². The van der Waals surface area contributed by atoms with Gasteiger partial charge in [-0.25, -0.2) is 0 Å². The molecule has 1 heterocycles. The standard InChI is InChI=1S/C17H20N2OS/c1-10-7-8-12-14(9-10)21-16(18)15(12)17(20)19-13-6-4-3-5-11(13)2/h3-6,10H,7-9,18H2,1-2H3,(H,19,20)/t10-/m1/s1. The summed E-state index contributed by atoms with van der Waals surface area (Å²) < 4.78 is 0. The topological polar surface area (TPSA) is 55.1 Å². The Morgan fingerprint density at radius 2 is 2.14 bits per heavy atom. The number of hydrogen-bond acceptors (Lipinski definition) is 3. The lowest BCUT2D eigenvalue weighted by Crippen LogP contribution is -2.18. The van der Waals surface area contributed by atoms with Gasteiger partial charge in [0, 0.05) is 10.6 Å². The molecule has 1 aliphatic rings. The average molecular weight is 300 g/mol. The Bertz CT molecular complexity index is 690. The smallest absolute Gasteiger partial charge is 0.258 e. The van der Waals surface area contributed by atoms with Crippen LogP contribution in [0.3, 0.4) is 0 Å². The number of rotatable bonds is 2. The van der Waals surface area contributed by atoms with E-state index >= 15 is 0 Å². The summed E-state index contributed by atoms with van der Waals surface area (Å²) in [6, 6.07) is 7.80. The molecule has 0 saturated heterocycles. The molecule has 2 aromatic rings. The van der Waals surface area contributed by atoms with Crippen molar-refractivity contribution in [1.82, 2.24) is 0 Å². The first kappa shape index (κ1) is 14.1. The zero-order chi connectivity index (χ0) is 15.0. The van der Waals surface area contributed by atoms with E-state index in [2.05, 4.69) is 12.2 Å². The van der Waals surface area contributed by atoms with E-state index in [9.17, 15) is 4.79 Å². The quantitative estimate of drug-likeness (QED) is 0.880. The molecular formula is C17H20N2OS. The highest BCUT2D eigenvalue weighted by atomic mass is 32.1. The second-order valence-corrected chi connectivity index (χ2v) is 7.00. The average Bonchev–Trinajstić information content (AvgIpc) is 2.76. The van der Waals surface area contributed by atoms with Gasteiger partial charge in [0.05, 0.1) is 10.6 Å². The number of para-hydroxylation sites is 1. The monoisotopic (exact) mass is 300 g/mol. The number of thiophene rings is 1. The molecule has 0 bridgehead atoms. The largest absolute Gasteiger partial charge is 0.390 e. The summed E-state index contributed by atoms with van der Waals surface area (Å²) in [5.41, 5.74) is 9.89. The van der Waals surface area contributed by atoms with Crippen molar-refractivity contribution in [1.29, 1.82) is 0 Å². The molecule has 1 aliphatic carbocycles. The number of aryl methyl sites for hydroxylation is 1. The maximum atomic E-state index is 12.6. The first-order valence-electron chi connectivity index (χ1n) is 7.33. The van der Waals surface area contributed by atoms with E-state index in [0.717, 1.165) is 30.5 Å². The molecule has 1 aromatic carbocycles. The first-order valence-corrected chi connectivity index (χ1v) is 8.15. The maximum Gasteiger partial charge on any atom is 0.258 e. The molecule has 21 heavy (non-hydrogen) atoms. The lowest BCUT2D eigenvalue weighted by molar-refractivity contribution is 0.102. The predicted molar refractivity (Wildman–Crippen MR) is 89.1 cm³/mol. The summed E-state index contributed by atoms with van der Waals surface area (Å²) in [6.07, 6.45) is 3.14. The Kier molecular flexibility index (Phi) is 3.72. The number of carbonyl (C=O) groups is 1. The molecule has 1 atom stereocenters. The number of benzene rings is 1. The van der Waals surface area contributed by atoms with E-state index < -0.39 is 0 Å². The molecule has 0 radical (unpaired) electrons. The van der Waals surface area contributed by atoms with E-state index in [0.29, 0.717) is 16.5 Å². The lowest BCUT2D eigenvalue weighted by Gasteiger charge is -2.18. The molecule has 0 saturated carbocycles. The highest BCUT2D eigenvalue weighted by Gasteiger charge is 2.26. The third-order valence-corrected chi connectivity index (χ3v) is 5.24. The third kappa shape index (κ3) is 2.68. The molecule has 1 amide bonds. The van der Waals surface area contributed by atoms with Gasteiger partial charge < -0.3 is 11.1 Å². The number of amides is 1. The number of nitrogens with two attached hydrogens (primary N) is 1. The predicted octanol–water partition coefficient (Wildman–Crippen LogP) is 4.02. The SMILES string of the molecule is Cc1ccccc1NC(=O)c1c(N)sc2c1CC[C@@H](C)C2. The van der Waals surface area contributed by atoms with Gasteiger partial charge in [-0.15, -0.1) is 11.3 Å². The maximum absolute atomic E-state index is 12.6. The van der Waals surface area contributed by atoms with Crippen LogP contribution >= 0.6 is 11.3 Å². The summed E-state index contributed by atoms with van der Waals surface area (Å²) in [6.45, 7) is 4.25. The van der Waals surface area contributed by atoms with E-state index in [1.54, 1.807) is 11.3 Å². The molecule has 4 heteroatoms. The van der Waals surface area contributed by atoms with Crippen molar-refractivity contribution in [3.63, 3.8) is 0 Å². The van der Waals surface area contributed by atoms with Crippen LogP contribution in [0.4, 0.5) is 10.7 Å². The summed E-state index contributed by atoms with van der Waals surface area (Å²) in [5.74, 6) is 0.608. The normalized spacial score (nSPS) is 17.3. The van der Waals surface area contributed by atoms with Gasteiger partial charge >= 0.3 is 0 Å². The van der Waals surface area contributed by atoms with Gasteiger partial charge in [-0.1, -0.05) is 25.1 Å². The third-order valence-electron chi connectivity index (χ3n) is 4.16. The number of nitrogen functional groups attached to an aromatic ring is 1. The lowest BCUT2D eigenvalue weighted by atomic mass is 9.88. The van der Waals surface area contributed by atoms with Crippen LogP contribution in [0.5, 0.6) is 0 Å². The fraction of sp³-hybridized carbons (Fsp3) is 0.353. The van der Waals surface area contributed by atoms with Gasteiger partial charge in [0.15, 0.2) is 0 Å². The number of carbonyl (C=O) groups excluding carboxylic acids is 1. The molecule has 1 aromatic heterocycles. The van der Waals surface area contributed by atoms with Gasteiger partial charge in [0.25, 0.3) is 5.91 Å². The molecule has 0 aliphatic heterocycles. The van der Waals surface area contributed by atoms with Crippen LogP contribution in [0.25, 0.3) is 0 Å². The van der Waals surface area contributed by atoms with E-state index in [-0.39, 0.29) is 5.91 Å². The van der Waals surface area contributed by atoms with Crippen LogP contribution in [0.1, 0.15) is 39.7 Å². The van der Waals surface area contributed by atoms with E-state index in [4.69, 9.17) is 5.73 Å². The summed E-state index contributed by atoms with van der Waals surface area (Å²) in [4.78, 5) is 13.9. The number of fused-ring (bicyclic) bond motifs is 1. The molecule has 0 unspecified atom stereocenters. The van der Waals surface area contributed by atoms with Gasteiger partial charge in [-0.05, 0) is 49.3 Å². The van der Waals surface area contributed by atoms with Crippen LogP contribution in [-0.2, 0) is 12.8 Å². The number of nitrogens with one attached hydrogen (secondary N) is 1. The Hall–Kier alpha value is -1.81. The number of hydrogen-bond donors (Lipinski definition) is 2. The molecule has 110 valence electrons.